The molecule has 15 heavy (non-hydrogen) atoms. The SMILES string of the molecule is CC(CO)c1cc2c(c(Br)c1O)CCC2. The van der Waals surface area contributed by atoms with Crippen molar-refractivity contribution in [1.29, 1.82) is 0 Å². The molecule has 3 heteroatoms. The van der Waals surface area contributed by atoms with Gasteiger partial charge >= 0.3 is 0 Å². The van der Waals surface area contributed by atoms with Crippen LogP contribution in [0, 0.1) is 0 Å². The lowest BCUT2D eigenvalue weighted by Gasteiger charge is -2.15. The van der Waals surface area contributed by atoms with Gasteiger partial charge in [-0.3, -0.25) is 0 Å². The Balaban J connectivity index is 2.54. The molecule has 0 spiro atoms. The summed E-state index contributed by atoms with van der Waals surface area (Å²) in [5.41, 5.74) is 3.40. The molecule has 1 aromatic carbocycles. The van der Waals surface area contributed by atoms with E-state index in [9.17, 15) is 5.11 Å². The average molecular weight is 271 g/mol. The van der Waals surface area contributed by atoms with Crippen molar-refractivity contribution in [3.63, 3.8) is 0 Å². The first kappa shape index (κ1) is 11.0. The van der Waals surface area contributed by atoms with Crippen LogP contribution in [-0.2, 0) is 12.8 Å². The summed E-state index contributed by atoms with van der Waals surface area (Å²) in [6, 6.07) is 2.04. The molecule has 0 aromatic heterocycles. The van der Waals surface area contributed by atoms with E-state index in [-0.39, 0.29) is 12.5 Å². The monoisotopic (exact) mass is 270 g/mol. The van der Waals surface area contributed by atoms with Gasteiger partial charge in [0.05, 0.1) is 4.47 Å². The minimum Gasteiger partial charge on any atom is -0.506 e. The summed E-state index contributed by atoms with van der Waals surface area (Å²) in [5.74, 6) is 0.296. The second-order valence-electron chi connectivity index (χ2n) is 4.20. The van der Waals surface area contributed by atoms with Gasteiger partial charge in [-0.05, 0) is 46.3 Å². The van der Waals surface area contributed by atoms with Gasteiger partial charge in [0.25, 0.3) is 0 Å². The molecular weight excluding hydrogens is 256 g/mol. The lowest BCUT2D eigenvalue weighted by molar-refractivity contribution is 0.270. The maximum absolute atomic E-state index is 10.0. The summed E-state index contributed by atoms with van der Waals surface area (Å²) in [7, 11) is 0. The summed E-state index contributed by atoms with van der Waals surface area (Å²) in [4.78, 5) is 0. The average Bonchev–Trinajstić information content (AvgIpc) is 2.70. The van der Waals surface area contributed by atoms with Crippen molar-refractivity contribution in [2.24, 2.45) is 0 Å². The molecular formula is C12H15BrO2. The molecule has 0 fully saturated rings. The van der Waals surface area contributed by atoms with E-state index in [0.29, 0.717) is 5.75 Å². The zero-order chi connectivity index (χ0) is 11.0. The standard InChI is InChI=1S/C12H15BrO2/c1-7(6-14)10-5-8-3-2-4-9(8)11(13)12(10)15/h5,7,14-15H,2-4,6H2,1H3. The van der Waals surface area contributed by atoms with Gasteiger partial charge < -0.3 is 10.2 Å². The highest BCUT2D eigenvalue weighted by Crippen LogP contribution is 2.40. The lowest BCUT2D eigenvalue weighted by atomic mass is 9.96. The predicted molar refractivity (Wildman–Crippen MR) is 63.3 cm³/mol. The minimum atomic E-state index is -0.00722. The zero-order valence-electron chi connectivity index (χ0n) is 8.76. The summed E-state index contributed by atoms with van der Waals surface area (Å²) >= 11 is 3.45. The van der Waals surface area contributed by atoms with Gasteiger partial charge in [-0.1, -0.05) is 13.0 Å². The number of phenolic OH excluding ortho intramolecular Hbond substituents is 1. The summed E-state index contributed by atoms with van der Waals surface area (Å²) in [6.07, 6.45) is 3.28. The fourth-order valence-electron chi connectivity index (χ4n) is 2.18. The second-order valence-corrected chi connectivity index (χ2v) is 5.00. The maximum atomic E-state index is 10.0. The highest BCUT2D eigenvalue weighted by Gasteiger charge is 2.21. The number of aryl methyl sites for hydroxylation is 1. The van der Waals surface area contributed by atoms with Crippen molar-refractivity contribution in [2.75, 3.05) is 6.61 Å². The van der Waals surface area contributed by atoms with E-state index in [1.807, 2.05) is 13.0 Å². The van der Waals surface area contributed by atoms with Crippen LogP contribution < -0.4 is 0 Å². The van der Waals surface area contributed by atoms with E-state index in [1.54, 1.807) is 0 Å². The number of rotatable bonds is 2. The fraction of sp³-hybridized carbons (Fsp3) is 0.500. The van der Waals surface area contributed by atoms with Crippen molar-refractivity contribution in [1.82, 2.24) is 0 Å². The van der Waals surface area contributed by atoms with Crippen molar-refractivity contribution in [3.05, 3.63) is 27.2 Å². The fourth-order valence-corrected chi connectivity index (χ4v) is 2.86. The quantitative estimate of drug-likeness (QED) is 0.868. The Bertz CT molecular complexity index is 388. The van der Waals surface area contributed by atoms with Crippen LogP contribution in [0.2, 0.25) is 0 Å². The van der Waals surface area contributed by atoms with Crippen LogP contribution in [0.5, 0.6) is 5.75 Å². The van der Waals surface area contributed by atoms with Crippen LogP contribution in [0.3, 0.4) is 0 Å². The van der Waals surface area contributed by atoms with Crippen LogP contribution in [0.15, 0.2) is 10.5 Å². The van der Waals surface area contributed by atoms with Crippen LogP contribution in [0.4, 0.5) is 0 Å². The molecule has 1 aliphatic rings. The Labute approximate surface area is 98.1 Å². The molecule has 1 unspecified atom stereocenters. The van der Waals surface area contributed by atoms with Crippen LogP contribution in [-0.4, -0.2) is 16.8 Å². The smallest absolute Gasteiger partial charge is 0.133 e. The molecule has 1 aromatic rings. The van der Waals surface area contributed by atoms with Gasteiger partial charge in [0.2, 0.25) is 0 Å². The number of halogens is 1. The van der Waals surface area contributed by atoms with E-state index < -0.39 is 0 Å². The van der Waals surface area contributed by atoms with Gasteiger partial charge in [0, 0.05) is 18.1 Å². The highest BCUT2D eigenvalue weighted by molar-refractivity contribution is 9.10. The molecule has 0 heterocycles. The van der Waals surface area contributed by atoms with Crippen LogP contribution in [0.1, 0.15) is 36.0 Å². The third kappa shape index (κ3) is 1.79. The van der Waals surface area contributed by atoms with E-state index >= 15 is 0 Å². The van der Waals surface area contributed by atoms with Crippen molar-refractivity contribution < 1.29 is 10.2 Å². The van der Waals surface area contributed by atoms with E-state index in [1.165, 1.54) is 11.1 Å². The zero-order valence-corrected chi connectivity index (χ0v) is 10.3. The first-order valence-corrected chi connectivity index (χ1v) is 6.08. The largest absolute Gasteiger partial charge is 0.506 e. The third-order valence-corrected chi connectivity index (χ3v) is 4.00. The number of benzene rings is 1. The van der Waals surface area contributed by atoms with Gasteiger partial charge in [0.1, 0.15) is 5.75 Å². The van der Waals surface area contributed by atoms with Crippen molar-refractivity contribution in [3.8, 4) is 5.75 Å². The summed E-state index contributed by atoms with van der Waals surface area (Å²) < 4.78 is 0.827. The Morgan fingerprint density at radius 3 is 2.87 bits per heavy atom. The molecule has 1 aliphatic carbocycles. The topological polar surface area (TPSA) is 40.5 Å². The van der Waals surface area contributed by atoms with Crippen LogP contribution >= 0.6 is 15.9 Å². The number of hydrogen-bond donors (Lipinski definition) is 2. The Morgan fingerprint density at radius 2 is 2.20 bits per heavy atom. The highest BCUT2D eigenvalue weighted by atomic mass is 79.9. The number of fused-ring (bicyclic) bond motifs is 1. The molecule has 2 rings (SSSR count). The molecule has 0 bridgehead atoms. The molecule has 82 valence electrons. The first-order chi connectivity index (χ1) is 7.15. The number of aromatic hydroxyl groups is 1. The Hall–Kier alpha value is -0.540. The predicted octanol–water partition coefficient (Wildman–Crippen LogP) is 2.74. The molecule has 0 aliphatic heterocycles. The number of aliphatic hydroxyl groups is 1. The summed E-state index contributed by atoms with van der Waals surface area (Å²) in [6.45, 7) is 1.99. The molecule has 1 atom stereocenters. The van der Waals surface area contributed by atoms with Gasteiger partial charge in [-0.2, -0.15) is 0 Å². The van der Waals surface area contributed by atoms with E-state index in [0.717, 1.165) is 29.3 Å². The Morgan fingerprint density at radius 1 is 1.47 bits per heavy atom. The van der Waals surface area contributed by atoms with Crippen molar-refractivity contribution >= 4 is 15.9 Å². The maximum Gasteiger partial charge on any atom is 0.133 e. The molecule has 0 saturated heterocycles. The van der Waals surface area contributed by atoms with Gasteiger partial charge in [0.15, 0.2) is 0 Å². The molecule has 0 saturated carbocycles. The molecule has 0 amide bonds. The van der Waals surface area contributed by atoms with E-state index in [4.69, 9.17) is 5.11 Å². The molecule has 2 nitrogen and oxygen atoms in total. The normalized spacial score (nSPS) is 16.5. The van der Waals surface area contributed by atoms with Crippen LogP contribution in [0.25, 0.3) is 0 Å². The number of phenols is 1. The third-order valence-electron chi connectivity index (χ3n) is 3.14. The number of aliphatic hydroxyl groups excluding tert-OH is 1. The minimum absolute atomic E-state index is 0.00722. The number of hydrogen-bond acceptors (Lipinski definition) is 2. The summed E-state index contributed by atoms with van der Waals surface area (Å²) in [5, 5.41) is 19.1. The lowest BCUT2D eigenvalue weighted by Crippen LogP contribution is -2.01. The molecule has 2 N–H and O–H groups in total. The van der Waals surface area contributed by atoms with E-state index in [2.05, 4.69) is 15.9 Å². The molecule has 0 radical (unpaired) electrons. The van der Waals surface area contributed by atoms with Gasteiger partial charge in [-0.15, -0.1) is 0 Å². The van der Waals surface area contributed by atoms with Gasteiger partial charge in [-0.25, -0.2) is 0 Å². The van der Waals surface area contributed by atoms with Crippen molar-refractivity contribution in [2.45, 2.75) is 32.1 Å². The Kier molecular flexibility index (Phi) is 3.03. The second kappa shape index (κ2) is 4.14. The first-order valence-electron chi connectivity index (χ1n) is 5.29.